The van der Waals surface area contributed by atoms with E-state index in [0.29, 0.717) is 6.42 Å². The Hall–Kier alpha value is -0.610. The van der Waals surface area contributed by atoms with E-state index in [0.717, 1.165) is 25.7 Å². The summed E-state index contributed by atoms with van der Waals surface area (Å²) in [6.45, 7) is 6.82. The first kappa shape index (κ1) is 12.5. The van der Waals surface area contributed by atoms with Gasteiger partial charge in [-0.15, -0.1) is 0 Å². The summed E-state index contributed by atoms with van der Waals surface area (Å²) in [4.78, 5) is 13.8. The zero-order chi connectivity index (χ0) is 11.3. The van der Waals surface area contributed by atoms with E-state index in [1.807, 2.05) is 6.92 Å². The van der Waals surface area contributed by atoms with E-state index in [1.165, 1.54) is 12.8 Å². The van der Waals surface area contributed by atoms with Crippen LogP contribution < -0.4 is 11.1 Å². The molecule has 0 heterocycles. The summed E-state index contributed by atoms with van der Waals surface area (Å²) in [6.07, 6.45) is 3.33. The molecule has 1 amide bonds. The number of likely N-dealkylation sites (N-methyl/N-ethyl adjacent to an activating group) is 1. The Morgan fingerprint density at radius 2 is 2.20 bits per heavy atom. The molecule has 0 spiro atoms. The Balaban J connectivity index is 2.11. The first-order chi connectivity index (χ1) is 7.19. The standard InChI is InChI=1S/C11H23N3O/c1-3-10(12)11(15)13-7-8-14(4-2)9-5-6-9/h9-10H,3-8,12H2,1-2H3,(H,13,15). The van der Waals surface area contributed by atoms with Crippen molar-refractivity contribution in [2.75, 3.05) is 19.6 Å². The summed E-state index contributed by atoms with van der Waals surface area (Å²) >= 11 is 0. The predicted octanol–water partition coefficient (Wildman–Crippen LogP) is 0.324. The highest BCUT2D eigenvalue weighted by atomic mass is 16.2. The van der Waals surface area contributed by atoms with Crippen molar-refractivity contribution in [3.63, 3.8) is 0 Å². The predicted molar refractivity (Wildman–Crippen MR) is 61.5 cm³/mol. The first-order valence-electron chi connectivity index (χ1n) is 5.96. The largest absolute Gasteiger partial charge is 0.353 e. The van der Waals surface area contributed by atoms with E-state index >= 15 is 0 Å². The van der Waals surface area contributed by atoms with Crippen molar-refractivity contribution in [2.45, 2.75) is 45.2 Å². The molecule has 88 valence electrons. The molecule has 0 bridgehead atoms. The normalized spacial score (nSPS) is 17.9. The summed E-state index contributed by atoms with van der Waals surface area (Å²) in [5.74, 6) is -0.0237. The van der Waals surface area contributed by atoms with Crippen LogP contribution in [0.15, 0.2) is 0 Å². The van der Waals surface area contributed by atoms with Gasteiger partial charge in [-0.1, -0.05) is 13.8 Å². The maximum absolute atomic E-state index is 11.4. The van der Waals surface area contributed by atoms with E-state index in [1.54, 1.807) is 0 Å². The van der Waals surface area contributed by atoms with E-state index in [9.17, 15) is 4.79 Å². The third-order valence-electron chi connectivity index (χ3n) is 2.94. The lowest BCUT2D eigenvalue weighted by Gasteiger charge is -2.20. The molecule has 0 aromatic heterocycles. The molecule has 0 saturated heterocycles. The molecular weight excluding hydrogens is 190 g/mol. The Morgan fingerprint density at radius 1 is 1.53 bits per heavy atom. The fourth-order valence-electron chi connectivity index (χ4n) is 1.68. The molecule has 0 aromatic rings. The van der Waals surface area contributed by atoms with Gasteiger partial charge in [-0.05, 0) is 25.8 Å². The van der Waals surface area contributed by atoms with Gasteiger partial charge >= 0.3 is 0 Å². The molecule has 1 aliphatic rings. The zero-order valence-corrected chi connectivity index (χ0v) is 9.83. The number of hydrogen-bond donors (Lipinski definition) is 2. The van der Waals surface area contributed by atoms with Crippen LogP contribution in [0.3, 0.4) is 0 Å². The molecule has 3 N–H and O–H groups in total. The van der Waals surface area contributed by atoms with Crippen molar-refractivity contribution in [3.8, 4) is 0 Å². The Bertz CT molecular complexity index is 204. The fraction of sp³-hybridized carbons (Fsp3) is 0.909. The van der Waals surface area contributed by atoms with Crippen LogP contribution in [0.5, 0.6) is 0 Å². The number of nitrogens with zero attached hydrogens (tertiary/aromatic N) is 1. The lowest BCUT2D eigenvalue weighted by atomic mass is 10.2. The van der Waals surface area contributed by atoms with Crippen molar-refractivity contribution in [2.24, 2.45) is 5.73 Å². The number of carbonyl (C=O) groups is 1. The molecule has 1 rings (SSSR count). The summed E-state index contributed by atoms with van der Waals surface area (Å²) < 4.78 is 0. The van der Waals surface area contributed by atoms with E-state index < -0.39 is 0 Å². The maximum Gasteiger partial charge on any atom is 0.236 e. The van der Waals surface area contributed by atoms with Gasteiger partial charge in [0, 0.05) is 19.1 Å². The van der Waals surface area contributed by atoms with Crippen LogP contribution >= 0.6 is 0 Å². The van der Waals surface area contributed by atoms with Gasteiger partial charge in [0.2, 0.25) is 5.91 Å². The van der Waals surface area contributed by atoms with Gasteiger partial charge in [0.15, 0.2) is 0 Å². The minimum absolute atomic E-state index is 0.0237. The lowest BCUT2D eigenvalue weighted by molar-refractivity contribution is -0.122. The van der Waals surface area contributed by atoms with Crippen LogP contribution in [0.25, 0.3) is 0 Å². The third-order valence-corrected chi connectivity index (χ3v) is 2.94. The molecular formula is C11H23N3O. The van der Waals surface area contributed by atoms with Gasteiger partial charge in [0.25, 0.3) is 0 Å². The lowest BCUT2D eigenvalue weighted by Crippen LogP contribution is -2.43. The molecule has 1 unspecified atom stereocenters. The Kier molecular flexibility index (Phi) is 5.05. The number of amides is 1. The average molecular weight is 213 g/mol. The van der Waals surface area contributed by atoms with Crippen molar-refractivity contribution >= 4 is 5.91 Å². The fourth-order valence-corrected chi connectivity index (χ4v) is 1.68. The van der Waals surface area contributed by atoms with Crippen LogP contribution in [0.4, 0.5) is 0 Å². The van der Waals surface area contributed by atoms with Crippen LogP contribution in [-0.2, 0) is 4.79 Å². The highest BCUT2D eigenvalue weighted by Crippen LogP contribution is 2.25. The molecule has 4 nitrogen and oxygen atoms in total. The van der Waals surface area contributed by atoms with Crippen LogP contribution in [0.2, 0.25) is 0 Å². The smallest absolute Gasteiger partial charge is 0.236 e. The third kappa shape index (κ3) is 4.18. The van der Waals surface area contributed by atoms with Gasteiger partial charge in [0.1, 0.15) is 0 Å². The molecule has 0 radical (unpaired) electrons. The minimum Gasteiger partial charge on any atom is -0.353 e. The van der Waals surface area contributed by atoms with Gasteiger partial charge in [-0.25, -0.2) is 0 Å². The molecule has 1 aliphatic carbocycles. The second-order valence-corrected chi connectivity index (χ2v) is 4.17. The van der Waals surface area contributed by atoms with E-state index in [2.05, 4.69) is 17.1 Å². The van der Waals surface area contributed by atoms with Crippen LogP contribution in [0.1, 0.15) is 33.1 Å². The van der Waals surface area contributed by atoms with Crippen molar-refractivity contribution in [1.29, 1.82) is 0 Å². The molecule has 15 heavy (non-hydrogen) atoms. The van der Waals surface area contributed by atoms with Crippen molar-refractivity contribution in [1.82, 2.24) is 10.2 Å². The van der Waals surface area contributed by atoms with Crippen LogP contribution in [-0.4, -0.2) is 42.5 Å². The quantitative estimate of drug-likeness (QED) is 0.640. The molecule has 0 aromatic carbocycles. The average Bonchev–Trinajstić information content (AvgIpc) is 3.06. The summed E-state index contributed by atoms with van der Waals surface area (Å²) in [6, 6.07) is 0.424. The summed E-state index contributed by atoms with van der Waals surface area (Å²) in [5.41, 5.74) is 5.61. The highest BCUT2D eigenvalue weighted by Gasteiger charge is 2.27. The molecule has 1 saturated carbocycles. The van der Waals surface area contributed by atoms with Gasteiger partial charge in [-0.2, -0.15) is 0 Å². The number of carbonyl (C=O) groups excluding carboxylic acids is 1. The number of nitrogens with two attached hydrogens (primary N) is 1. The van der Waals surface area contributed by atoms with E-state index in [-0.39, 0.29) is 11.9 Å². The number of nitrogens with one attached hydrogen (secondary N) is 1. The zero-order valence-electron chi connectivity index (χ0n) is 9.83. The van der Waals surface area contributed by atoms with Crippen molar-refractivity contribution < 1.29 is 4.79 Å². The first-order valence-corrected chi connectivity index (χ1v) is 5.96. The molecule has 1 fully saturated rings. The van der Waals surface area contributed by atoms with Gasteiger partial charge in [0.05, 0.1) is 6.04 Å². The second kappa shape index (κ2) is 6.08. The molecule has 0 aliphatic heterocycles. The second-order valence-electron chi connectivity index (χ2n) is 4.17. The van der Waals surface area contributed by atoms with Gasteiger partial charge in [-0.3, -0.25) is 9.69 Å². The SMILES string of the molecule is CCC(N)C(=O)NCCN(CC)C1CC1. The summed E-state index contributed by atoms with van der Waals surface area (Å²) in [7, 11) is 0. The number of hydrogen-bond acceptors (Lipinski definition) is 3. The highest BCUT2D eigenvalue weighted by molar-refractivity contribution is 5.81. The molecule has 1 atom stereocenters. The Morgan fingerprint density at radius 3 is 2.67 bits per heavy atom. The van der Waals surface area contributed by atoms with Gasteiger partial charge < -0.3 is 11.1 Å². The minimum atomic E-state index is -0.346. The summed E-state index contributed by atoms with van der Waals surface area (Å²) in [5, 5.41) is 2.88. The Labute approximate surface area is 92.2 Å². The molecule has 4 heteroatoms. The van der Waals surface area contributed by atoms with E-state index in [4.69, 9.17) is 5.73 Å². The van der Waals surface area contributed by atoms with Crippen LogP contribution in [0, 0.1) is 0 Å². The monoisotopic (exact) mass is 213 g/mol. The number of rotatable bonds is 7. The topological polar surface area (TPSA) is 58.4 Å². The van der Waals surface area contributed by atoms with Crippen molar-refractivity contribution in [3.05, 3.63) is 0 Å². The maximum atomic E-state index is 11.4.